The Hall–Kier alpha value is -2.29. The molecule has 0 heterocycles. The highest BCUT2D eigenvalue weighted by Crippen LogP contribution is 2.17. The number of hydrogen-bond acceptors (Lipinski definition) is 3. The number of para-hydroxylation sites is 1. The van der Waals surface area contributed by atoms with Crippen molar-refractivity contribution in [3.63, 3.8) is 0 Å². The van der Waals surface area contributed by atoms with E-state index in [0.29, 0.717) is 11.3 Å². The highest BCUT2D eigenvalue weighted by molar-refractivity contribution is 5.94. The molecule has 0 unspecified atom stereocenters. The van der Waals surface area contributed by atoms with E-state index < -0.39 is 0 Å². The molecule has 0 aromatic heterocycles. The van der Waals surface area contributed by atoms with Crippen LogP contribution in [0, 0.1) is 13.8 Å². The minimum atomic E-state index is -0.388. The lowest BCUT2D eigenvalue weighted by Crippen LogP contribution is -2.09. The summed E-state index contributed by atoms with van der Waals surface area (Å²) < 4.78 is 5.34. The summed E-state index contributed by atoms with van der Waals surface area (Å²) in [5, 5.41) is 0. The maximum absolute atomic E-state index is 12.0. The van der Waals surface area contributed by atoms with Crippen LogP contribution in [0.2, 0.25) is 0 Å². The first-order valence-electron chi connectivity index (χ1n) is 6.16. The third-order valence-electron chi connectivity index (χ3n) is 3.17. The van der Waals surface area contributed by atoms with Crippen molar-refractivity contribution >= 4 is 11.7 Å². The number of carbonyl (C=O) groups is 1. The second-order valence-electron chi connectivity index (χ2n) is 4.53. The van der Waals surface area contributed by atoms with Crippen LogP contribution in [0.25, 0.3) is 0 Å². The zero-order valence-corrected chi connectivity index (χ0v) is 11.1. The Bertz CT molecular complexity index is 585. The van der Waals surface area contributed by atoms with Gasteiger partial charge in [-0.25, -0.2) is 4.79 Å². The molecule has 3 heteroatoms. The lowest BCUT2D eigenvalue weighted by molar-refractivity contribution is 0.0473. The summed E-state index contributed by atoms with van der Waals surface area (Å²) in [6.07, 6.45) is 0. The van der Waals surface area contributed by atoms with Gasteiger partial charge in [-0.15, -0.1) is 0 Å². The van der Waals surface area contributed by atoms with Gasteiger partial charge in [-0.05, 0) is 42.7 Å². The van der Waals surface area contributed by atoms with Crippen LogP contribution in [-0.2, 0) is 11.3 Å². The maximum atomic E-state index is 12.0. The summed E-state index contributed by atoms with van der Waals surface area (Å²) in [6, 6.07) is 12.9. The number of nitrogen functional groups attached to an aromatic ring is 1. The second-order valence-corrected chi connectivity index (χ2v) is 4.53. The normalized spacial score (nSPS) is 10.2. The van der Waals surface area contributed by atoms with E-state index in [9.17, 15) is 4.79 Å². The molecule has 0 atom stereocenters. The molecule has 2 aromatic carbocycles. The van der Waals surface area contributed by atoms with Gasteiger partial charge in [0.15, 0.2) is 0 Å². The molecule has 2 rings (SSSR count). The minimum absolute atomic E-state index is 0.270. The van der Waals surface area contributed by atoms with Crippen LogP contribution >= 0.6 is 0 Å². The molecular weight excluding hydrogens is 238 g/mol. The highest BCUT2D eigenvalue weighted by atomic mass is 16.5. The molecule has 98 valence electrons. The van der Waals surface area contributed by atoms with Crippen molar-refractivity contribution in [3.8, 4) is 0 Å². The predicted octanol–water partition coefficient (Wildman–Crippen LogP) is 3.24. The first-order valence-corrected chi connectivity index (χ1v) is 6.16. The number of carbonyl (C=O) groups excluding carboxylic acids is 1. The number of ether oxygens (including phenoxy) is 1. The molecule has 2 N–H and O–H groups in total. The van der Waals surface area contributed by atoms with Gasteiger partial charge < -0.3 is 10.5 Å². The first kappa shape index (κ1) is 13.1. The van der Waals surface area contributed by atoms with Gasteiger partial charge in [0.2, 0.25) is 0 Å². The van der Waals surface area contributed by atoms with Gasteiger partial charge in [-0.3, -0.25) is 0 Å². The number of nitrogens with two attached hydrogens (primary N) is 1. The molecule has 0 aliphatic carbocycles. The molecule has 0 radical (unpaired) electrons. The summed E-state index contributed by atoms with van der Waals surface area (Å²) in [4.78, 5) is 12.0. The number of esters is 1. The quantitative estimate of drug-likeness (QED) is 0.676. The van der Waals surface area contributed by atoms with Crippen molar-refractivity contribution < 1.29 is 9.53 Å². The van der Waals surface area contributed by atoms with Crippen molar-refractivity contribution in [3.05, 3.63) is 64.7 Å². The van der Waals surface area contributed by atoms with Crippen LogP contribution in [0.3, 0.4) is 0 Å². The van der Waals surface area contributed by atoms with Crippen molar-refractivity contribution in [2.24, 2.45) is 0 Å². The average Bonchev–Trinajstić information content (AvgIpc) is 2.38. The Morgan fingerprint density at radius 1 is 1.05 bits per heavy atom. The van der Waals surface area contributed by atoms with E-state index in [1.807, 2.05) is 32.0 Å². The molecule has 0 aliphatic heterocycles. The minimum Gasteiger partial charge on any atom is -0.457 e. The zero-order valence-electron chi connectivity index (χ0n) is 11.1. The summed E-state index contributed by atoms with van der Waals surface area (Å²) in [5.41, 5.74) is 9.88. The Morgan fingerprint density at radius 3 is 2.32 bits per heavy atom. The Labute approximate surface area is 113 Å². The summed E-state index contributed by atoms with van der Waals surface area (Å²) >= 11 is 0. The van der Waals surface area contributed by atoms with Crippen LogP contribution in [-0.4, -0.2) is 5.97 Å². The van der Waals surface area contributed by atoms with Crippen molar-refractivity contribution in [2.75, 3.05) is 5.73 Å². The smallest absolute Gasteiger partial charge is 0.340 e. The van der Waals surface area contributed by atoms with Crippen LogP contribution in [0.1, 0.15) is 27.0 Å². The van der Waals surface area contributed by atoms with Crippen molar-refractivity contribution in [1.29, 1.82) is 0 Å². The number of aryl methyl sites for hydroxylation is 2. The molecule has 0 spiro atoms. The molecule has 0 bridgehead atoms. The van der Waals surface area contributed by atoms with Gasteiger partial charge in [0.1, 0.15) is 6.61 Å². The van der Waals surface area contributed by atoms with Crippen molar-refractivity contribution in [2.45, 2.75) is 20.5 Å². The number of rotatable bonds is 3. The number of benzene rings is 2. The van der Waals surface area contributed by atoms with E-state index in [4.69, 9.17) is 10.5 Å². The fourth-order valence-corrected chi connectivity index (χ4v) is 1.98. The lowest BCUT2D eigenvalue weighted by Gasteiger charge is -2.11. The Morgan fingerprint density at radius 2 is 1.68 bits per heavy atom. The zero-order chi connectivity index (χ0) is 13.8. The number of anilines is 1. The first-order chi connectivity index (χ1) is 9.09. The average molecular weight is 255 g/mol. The lowest BCUT2D eigenvalue weighted by atomic mass is 10.0. The van der Waals surface area contributed by atoms with Crippen LogP contribution in [0.5, 0.6) is 0 Å². The van der Waals surface area contributed by atoms with Gasteiger partial charge >= 0.3 is 5.97 Å². The maximum Gasteiger partial charge on any atom is 0.340 e. The molecule has 0 aliphatic rings. The van der Waals surface area contributed by atoms with E-state index in [2.05, 4.69) is 0 Å². The van der Waals surface area contributed by atoms with E-state index in [0.717, 1.165) is 16.7 Å². The largest absolute Gasteiger partial charge is 0.457 e. The van der Waals surface area contributed by atoms with Crippen LogP contribution in [0.4, 0.5) is 5.69 Å². The van der Waals surface area contributed by atoms with E-state index >= 15 is 0 Å². The molecule has 0 fully saturated rings. The Balaban J connectivity index is 2.11. The van der Waals surface area contributed by atoms with Gasteiger partial charge in [-0.1, -0.05) is 30.3 Å². The van der Waals surface area contributed by atoms with Crippen LogP contribution < -0.4 is 5.73 Å². The van der Waals surface area contributed by atoms with Gasteiger partial charge in [0, 0.05) is 5.69 Å². The van der Waals surface area contributed by atoms with Crippen molar-refractivity contribution in [1.82, 2.24) is 0 Å². The molecule has 0 amide bonds. The molecule has 19 heavy (non-hydrogen) atoms. The predicted molar refractivity (Wildman–Crippen MR) is 75.9 cm³/mol. The highest BCUT2D eigenvalue weighted by Gasteiger charge is 2.11. The molecule has 0 saturated carbocycles. The van der Waals surface area contributed by atoms with Gasteiger partial charge in [-0.2, -0.15) is 0 Å². The third kappa shape index (κ3) is 2.94. The summed E-state index contributed by atoms with van der Waals surface area (Å²) in [6.45, 7) is 4.28. The second kappa shape index (κ2) is 5.57. The number of hydrogen-bond donors (Lipinski definition) is 1. The molecule has 2 aromatic rings. The van der Waals surface area contributed by atoms with Crippen LogP contribution in [0.15, 0.2) is 42.5 Å². The van der Waals surface area contributed by atoms with E-state index in [1.54, 1.807) is 24.3 Å². The van der Waals surface area contributed by atoms with E-state index in [-0.39, 0.29) is 12.6 Å². The summed E-state index contributed by atoms with van der Waals surface area (Å²) in [7, 11) is 0. The molecule has 3 nitrogen and oxygen atoms in total. The van der Waals surface area contributed by atoms with E-state index in [1.165, 1.54) is 0 Å². The third-order valence-corrected chi connectivity index (χ3v) is 3.17. The Kier molecular flexibility index (Phi) is 3.85. The molecular formula is C16H17NO2. The summed E-state index contributed by atoms with van der Waals surface area (Å²) in [5.74, 6) is -0.388. The fraction of sp³-hybridized carbons (Fsp3) is 0.188. The monoisotopic (exact) mass is 255 g/mol. The topological polar surface area (TPSA) is 52.3 Å². The fourth-order valence-electron chi connectivity index (χ4n) is 1.98. The van der Waals surface area contributed by atoms with Gasteiger partial charge in [0.25, 0.3) is 0 Å². The standard InChI is InChI=1S/C16H17NO2/c1-11-6-5-7-12(2)14(11)10-19-16(18)13-8-3-4-9-15(13)17/h3-9H,10,17H2,1-2H3. The SMILES string of the molecule is Cc1cccc(C)c1COC(=O)c1ccccc1N. The molecule has 0 saturated heterocycles. The van der Waals surface area contributed by atoms with Gasteiger partial charge in [0.05, 0.1) is 5.56 Å².